The van der Waals surface area contributed by atoms with Crippen molar-refractivity contribution in [2.45, 2.75) is 56.7 Å². The van der Waals surface area contributed by atoms with Gasteiger partial charge in [-0.1, -0.05) is 13.0 Å². The predicted octanol–water partition coefficient (Wildman–Crippen LogP) is 3.07. The molecule has 8 nitrogen and oxygen atoms in total. The number of hydroxylamine groups is 1. The van der Waals surface area contributed by atoms with Gasteiger partial charge in [-0.15, -0.1) is 0 Å². The summed E-state index contributed by atoms with van der Waals surface area (Å²) in [5, 5.41) is 23.2. The van der Waals surface area contributed by atoms with Crippen molar-refractivity contribution in [2.75, 3.05) is 25.3 Å². The first-order valence-corrected chi connectivity index (χ1v) is 13.6. The Morgan fingerprint density at radius 2 is 1.88 bits per heavy atom. The monoisotopic (exact) mass is 557 g/mol. The maximum Gasteiger partial charge on any atom is 0.337 e. The molecule has 10 heteroatoms. The van der Waals surface area contributed by atoms with E-state index >= 15 is 8.78 Å². The summed E-state index contributed by atoms with van der Waals surface area (Å²) in [6, 6.07) is 6.46. The molecule has 2 N–H and O–H groups in total. The number of methoxy groups -OCH3 is 1. The molecule has 40 heavy (non-hydrogen) atoms. The van der Waals surface area contributed by atoms with E-state index < -0.39 is 76.3 Å². The van der Waals surface area contributed by atoms with Crippen LogP contribution >= 0.6 is 0 Å². The Morgan fingerprint density at radius 3 is 2.52 bits per heavy atom. The fraction of sp³-hybridized carbons (Fsp3) is 0.567. The molecule has 1 aromatic rings. The molecule has 1 aliphatic heterocycles. The van der Waals surface area contributed by atoms with E-state index in [1.807, 2.05) is 0 Å². The van der Waals surface area contributed by atoms with E-state index in [-0.39, 0.29) is 25.0 Å². The van der Waals surface area contributed by atoms with Crippen molar-refractivity contribution in [1.82, 2.24) is 0 Å². The van der Waals surface area contributed by atoms with Gasteiger partial charge in [-0.2, -0.15) is 0 Å². The summed E-state index contributed by atoms with van der Waals surface area (Å²) in [5.41, 5.74) is -5.53. The van der Waals surface area contributed by atoms with Gasteiger partial charge in [0, 0.05) is 22.7 Å². The molecule has 0 aromatic heterocycles. The number of hydrogen-bond acceptors (Lipinski definition) is 8. The number of anilines is 1. The summed E-state index contributed by atoms with van der Waals surface area (Å²) in [7, 11) is 1.28. The number of alkyl halides is 2. The number of carbonyl (C=O) groups is 3. The smallest absolute Gasteiger partial charge is 0.337 e. The highest BCUT2D eigenvalue weighted by atomic mass is 19.1. The van der Waals surface area contributed by atoms with E-state index in [0.717, 1.165) is 6.08 Å². The molecule has 6 rings (SSSR count). The normalized spacial score (nSPS) is 43.4. The molecule has 4 aliphatic carbocycles. The minimum absolute atomic E-state index is 0.0403. The molecule has 5 aliphatic rings. The number of hydrogen-bond donors (Lipinski definition) is 2. The Labute approximate surface area is 230 Å². The van der Waals surface area contributed by atoms with Gasteiger partial charge in [-0.25, -0.2) is 13.6 Å². The number of fused-ring (bicyclic) bond motifs is 7. The number of esters is 1. The molecule has 1 unspecified atom stereocenters. The van der Waals surface area contributed by atoms with Crippen LogP contribution in [0.5, 0.6) is 0 Å². The molecule has 0 bridgehead atoms. The number of aliphatic hydroxyl groups excluding tert-OH is 2. The van der Waals surface area contributed by atoms with Gasteiger partial charge in [-0.05, 0) is 74.1 Å². The largest absolute Gasteiger partial charge is 0.465 e. The van der Waals surface area contributed by atoms with Crippen molar-refractivity contribution in [1.29, 1.82) is 0 Å². The van der Waals surface area contributed by atoms with E-state index in [0.29, 0.717) is 17.7 Å². The lowest BCUT2D eigenvalue weighted by Gasteiger charge is -2.63. The van der Waals surface area contributed by atoms with Crippen molar-refractivity contribution in [3.8, 4) is 0 Å². The molecule has 1 aromatic carbocycles. The topological polar surface area (TPSA) is 113 Å². The summed E-state index contributed by atoms with van der Waals surface area (Å²) in [6.45, 7) is 2.75. The molecule has 0 radical (unpaired) electrons. The number of carbonyl (C=O) groups excluding carboxylic acids is 3. The molecule has 214 valence electrons. The zero-order valence-corrected chi connectivity index (χ0v) is 22.6. The standard InChI is InChI=1S/C30H33F2NO7/c1-27-9-8-19(35)11-22(27)23(31)12-21-20-10-17-14-33(18-6-4-16(5-7-18)26(38)39-3)40-30(17,25(37)15-34)28(20,2)13-24(36)29(21,27)32/h4-9,11,17,20-21,23-24,34,36H,10,12-15H2,1-3H3/t17-,20?,21-,23-,24-,27-,28-,29-,30-/m0/s1. The number of rotatable bonds is 4. The molecule has 3 saturated carbocycles. The highest BCUT2D eigenvalue weighted by Crippen LogP contribution is 2.72. The Balaban J connectivity index is 1.40. The summed E-state index contributed by atoms with van der Waals surface area (Å²) >= 11 is 0. The summed E-state index contributed by atoms with van der Waals surface area (Å²) in [6.07, 6.45) is 0.536. The van der Waals surface area contributed by atoms with Crippen molar-refractivity contribution in [2.24, 2.45) is 28.6 Å². The Kier molecular flexibility index (Phi) is 5.97. The third kappa shape index (κ3) is 3.18. The minimum Gasteiger partial charge on any atom is -0.465 e. The number of halogens is 2. The third-order valence-corrected chi connectivity index (χ3v) is 10.8. The van der Waals surface area contributed by atoms with Crippen LogP contribution in [0.25, 0.3) is 0 Å². The molecule has 0 spiro atoms. The minimum atomic E-state index is -2.27. The van der Waals surface area contributed by atoms with Gasteiger partial charge < -0.3 is 14.9 Å². The van der Waals surface area contributed by atoms with Gasteiger partial charge in [-0.3, -0.25) is 19.5 Å². The number of ketones is 2. The van der Waals surface area contributed by atoms with Crippen molar-refractivity contribution in [3.63, 3.8) is 0 Å². The summed E-state index contributed by atoms with van der Waals surface area (Å²) < 4.78 is 37.9. The highest BCUT2D eigenvalue weighted by Gasteiger charge is 2.79. The fourth-order valence-corrected chi connectivity index (χ4v) is 8.90. The van der Waals surface area contributed by atoms with E-state index in [2.05, 4.69) is 0 Å². The maximum absolute atomic E-state index is 17.5. The van der Waals surface area contributed by atoms with Crippen LogP contribution in [-0.4, -0.2) is 71.6 Å². The average Bonchev–Trinajstić information content (AvgIpc) is 3.44. The Morgan fingerprint density at radius 1 is 1.18 bits per heavy atom. The van der Waals surface area contributed by atoms with E-state index in [1.54, 1.807) is 36.3 Å². The highest BCUT2D eigenvalue weighted by molar-refractivity contribution is 6.01. The SMILES string of the molecule is COC(=O)c1ccc(N2C[C@@H]3CC4[C@@H]5C[C@H](F)C6=CC(=O)C=C[C@]6(C)[C@@]5(F)[C@@H](O)C[C@]4(C)[C@]3(C(=O)CO)O2)cc1. The van der Waals surface area contributed by atoms with Crippen LogP contribution < -0.4 is 5.06 Å². The second-order valence-corrected chi connectivity index (χ2v) is 12.3. The van der Waals surface area contributed by atoms with Crippen LogP contribution in [-0.2, 0) is 19.2 Å². The van der Waals surface area contributed by atoms with Crippen molar-refractivity contribution >= 4 is 23.2 Å². The number of nitrogens with zero attached hydrogens (tertiary/aromatic N) is 1. The number of benzene rings is 1. The van der Waals surface area contributed by atoms with Gasteiger partial charge in [0.2, 0.25) is 0 Å². The molecular weight excluding hydrogens is 524 g/mol. The molecule has 0 amide bonds. The fourth-order valence-electron chi connectivity index (χ4n) is 8.90. The van der Waals surface area contributed by atoms with Crippen LogP contribution in [0, 0.1) is 28.6 Å². The lowest BCUT2D eigenvalue weighted by molar-refractivity contribution is -0.228. The lowest BCUT2D eigenvalue weighted by atomic mass is 9.44. The summed E-state index contributed by atoms with van der Waals surface area (Å²) in [4.78, 5) is 44.0. The number of Topliss-reactive ketones (excluding diaryl/α,β-unsaturated/α-hetero) is 1. The van der Waals surface area contributed by atoms with E-state index in [4.69, 9.17) is 9.57 Å². The average molecular weight is 558 g/mol. The number of aliphatic hydroxyl groups is 2. The van der Waals surface area contributed by atoms with Crippen LogP contribution in [0.2, 0.25) is 0 Å². The maximum atomic E-state index is 17.5. The predicted molar refractivity (Wildman–Crippen MR) is 139 cm³/mol. The number of allylic oxidation sites excluding steroid dienone is 4. The molecule has 9 atom stereocenters. The first kappa shape index (κ1) is 27.2. The Bertz CT molecular complexity index is 1350. The van der Waals surface area contributed by atoms with Gasteiger partial charge in [0.05, 0.1) is 31.0 Å². The first-order chi connectivity index (χ1) is 18.9. The molecule has 4 fully saturated rings. The lowest BCUT2D eigenvalue weighted by Crippen LogP contribution is -2.70. The zero-order valence-electron chi connectivity index (χ0n) is 22.6. The second kappa shape index (κ2) is 8.77. The van der Waals surface area contributed by atoms with Crippen LogP contribution in [0.3, 0.4) is 0 Å². The van der Waals surface area contributed by atoms with Crippen LogP contribution in [0.15, 0.2) is 48.1 Å². The van der Waals surface area contributed by atoms with Crippen LogP contribution in [0.4, 0.5) is 14.5 Å². The number of ether oxygens (including phenoxy) is 1. The zero-order chi connectivity index (χ0) is 28.8. The van der Waals surface area contributed by atoms with Crippen molar-refractivity contribution in [3.05, 3.63) is 53.6 Å². The summed E-state index contributed by atoms with van der Waals surface area (Å²) in [5.74, 6) is -3.44. The molecule has 1 saturated heterocycles. The van der Waals surface area contributed by atoms with Crippen molar-refractivity contribution < 1.29 is 43.0 Å². The Hall–Kier alpha value is -2.95. The van der Waals surface area contributed by atoms with Gasteiger partial charge >= 0.3 is 5.97 Å². The van der Waals surface area contributed by atoms with Gasteiger partial charge in [0.15, 0.2) is 22.8 Å². The van der Waals surface area contributed by atoms with Gasteiger partial charge in [0.1, 0.15) is 12.8 Å². The van der Waals surface area contributed by atoms with E-state index in [1.165, 1.54) is 26.2 Å². The van der Waals surface area contributed by atoms with Gasteiger partial charge in [0.25, 0.3) is 0 Å². The molecular formula is C30H33F2NO7. The first-order valence-electron chi connectivity index (χ1n) is 13.6. The van der Waals surface area contributed by atoms with Crippen LogP contribution in [0.1, 0.15) is 43.5 Å². The third-order valence-electron chi connectivity index (χ3n) is 10.8. The van der Waals surface area contributed by atoms with E-state index in [9.17, 15) is 24.6 Å². The second-order valence-electron chi connectivity index (χ2n) is 12.3. The quantitative estimate of drug-likeness (QED) is 0.544. The molecule has 1 heterocycles.